The molecule has 0 saturated carbocycles. The quantitative estimate of drug-likeness (QED) is 0.766. The second kappa shape index (κ2) is 7.20. The van der Waals surface area contributed by atoms with Crippen LogP contribution in [-0.4, -0.2) is 66.7 Å². The van der Waals surface area contributed by atoms with Crippen molar-refractivity contribution < 1.29 is 14.7 Å². The Morgan fingerprint density at radius 1 is 1.28 bits per heavy atom. The first-order valence-electron chi connectivity index (χ1n) is 6.42. The average molecular weight is 257 g/mol. The highest BCUT2D eigenvalue weighted by Gasteiger charge is 2.17. The number of rotatable bonds is 4. The zero-order chi connectivity index (χ0) is 13.5. The molecule has 6 heteroatoms. The summed E-state index contributed by atoms with van der Waals surface area (Å²) in [5.41, 5.74) is 0. The van der Waals surface area contributed by atoms with Crippen molar-refractivity contribution in [2.75, 3.05) is 39.8 Å². The number of urea groups is 1. The molecular weight excluding hydrogens is 234 g/mol. The lowest BCUT2D eigenvalue weighted by Crippen LogP contribution is -2.43. The van der Waals surface area contributed by atoms with Crippen LogP contribution < -0.4 is 5.32 Å². The second-order valence-corrected chi connectivity index (χ2v) is 5.03. The van der Waals surface area contributed by atoms with E-state index in [-0.39, 0.29) is 18.4 Å². The summed E-state index contributed by atoms with van der Waals surface area (Å²) in [5.74, 6) is -0.866. The molecule has 1 heterocycles. The van der Waals surface area contributed by atoms with Crippen LogP contribution in [0, 0.1) is 5.92 Å². The van der Waals surface area contributed by atoms with Crippen LogP contribution in [0.25, 0.3) is 0 Å². The molecule has 104 valence electrons. The van der Waals surface area contributed by atoms with Gasteiger partial charge in [0.25, 0.3) is 0 Å². The average Bonchev–Trinajstić information content (AvgIpc) is 2.50. The van der Waals surface area contributed by atoms with Crippen molar-refractivity contribution in [1.29, 1.82) is 0 Å². The van der Waals surface area contributed by atoms with Gasteiger partial charge in [-0.3, -0.25) is 4.79 Å². The Hall–Kier alpha value is -1.30. The molecule has 0 spiro atoms. The van der Waals surface area contributed by atoms with Gasteiger partial charge >= 0.3 is 12.0 Å². The lowest BCUT2D eigenvalue weighted by Gasteiger charge is -2.22. The van der Waals surface area contributed by atoms with E-state index in [9.17, 15) is 9.59 Å². The summed E-state index contributed by atoms with van der Waals surface area (Å²) in [7, 11) is 2.05. The Labute approximate surface area is 108 Å². The first kappa shape index (κ1) is 14.8. The number of aliphatic carboxylic acids is 1. The van der Waals surface area contributed by atoms with Crippen LogP contribution in [0.4, 0.5) is 4.79 Å². The highest BCUT2D eigenvalue weighted by atomic mass is 16.4. The third-order valence-corrected chi connectivity index (χ3v) is 3.13. The molecule has 0 aromatic carbocycles. The van der Waals surface area contributed by atoms with Gasteiger partial charge in [0, 0.05) is 32.6 Å². The smallest absolute Gasteiger partial charge is 0.317 e. The molecule has 2 amide bonds. The molecule has 0 radical (unpaired) electrons. The summed E-state index contributed by atoms with van der Waals surface area (Å²) >= 11 is 0. The topological polar surface area (TPSA) is 72.9 Å². The standard InChI is InChI=1S/C12H23N3O3/c1-10(8-11(16)17)9-13-12(18)15-5-3-4-14(2)6-7-15/h10H,3-9H2,1-2H3,(H,13,18)(H,16,17). The fraction of sp³-hybridized carbons (Fsp3) is 0.833. The van der Waals surface area contributed by atoms with Gasteiger partial charge in [0.1, 0.15) is 0 Å². The zero-order valence-electron chi connectivity index (χ0n) is 11.2. The number of hydrogen-bond acceptors (Lipinski definition) is 3. The van der Waals surface area contributed by atoms with Crippen molar-refractivity contribution >= 4 is 12.0 Å². The molecular formula is C12H23N3O3. The summed E-state index contributed by atoms with van der Waals surface area (Å²) in [4.78, 5) is 26.4. The van der Waals surface area contributed by atoms with Crippen molar-refractivity contribution in [3.8, 4) is 0 Å². The summed E-state index contributed by atoms with van der Waals surface area (Å²) in [5, 5.41) is 11.4. The van der Waals surface area contributed by atoms with Crippen LogP contribution in [0.2, 0.25) is 0 Å². The monoisotopic (exact) mass is 257 g/mol. The fourth-order valence-corrected chi connectivity index (χ4v) is 1.99. The fourth-order valence-electron chi connectivity index (χ4n) is 1.99. The molecule has 0 aliphatic carbocycles. The number of carbonyl (C=O) groups is 2. The third-order valence-electron chi connectivity index (χ3n) is 3.13. The van der Waals surface area contributed by atoms with Crippen molar-refractivity contribution in [3.05, 3.63) is 0 Å². The van der Waals surface area contributed by atoms with Crippen LogP contribution in [0.1, 0.15) is 19.8 Å². The van der Waals surface area contributed by atoms with E-state index < -0.39 is 5.97 Å². The van der Waals surface area contributed by atoms with E-state index in [1.807, 2.05) is 6.92 Å². The lowest BCUT2D eigenvalue weighted by molar-refractivity contribution is -0.137. The Kier molecular flexibility index (Phi) is 5.91. The highest BCUT2D eigenvalue weighted by Crippen LogP contribution is 2.03. The normalized spacial score (nSPS) is 19.1. The van der Waals surface area contributed by atoms with Crippen LogP contribution in [0.5, 0.6) is 0 Å². The molecule has 1 atom stereocenters. The minimum absolute atomic E-state index is 0.0406. The number of nitrogens with zero attached hydrogens (tertiary/aromatic N) is 2. The summed E-state index contributed by atoms with van der Waals surface area (Å²) in [6, 6.07) is -0.0810. The number of carboxylic acid groups (broad SMARTS) is 1. The van der Waals surface area contributed by atoms with Gasteiger partial charge in [0.05, 0.1) is 0 Å². The van der Waals surface area contributed by atoms with Gasteiger partial charge < -0.3 is 20.2 Å². The number of hydrogen-bond donors (Lipinski definition) is 2. The largest absolute Gasteiger partial charge is 0.481 e. The Balaban J connectivity index is 2.29. The van der Waals surface area contributed by atoms with Crippen molar-refractivity contribution in [3.63, 3.8) is 0 Å². The van der Waals surface area contributed by atoms with Gasteiger partial charge in [-0.1, -0.05) is 6.92 Å². The van der Waals surface area contributed by atoms with E-state index in [0.717, 1.165) is 32.6 Å². The minimum Gasteiger partial charge on any atom is -0.481 e. The summed E-state index contributed by atoms with van der Waals surface area (Å²) in [6.45, 7) is 5.64. The Morgan fingerprint density at radius 3 is 2.67 bits per heavy atom. The molecule has 0 aromatic heterocycles. The van der Waals surface area contributed by atoms with Gasteiger partial charge in [-0.25, -0.2) is 4.79 Å². The van der Waals surface area contributed by atoms with Gasteiger partial charge in [0.15, 0.2) is 0 Å². The van der Waals surface area contributed by atoms with Crippen LogP contribution >= 0.6 is 0 Å². The lowest BCUT2D eigenvalue weighted by atomic mass is 10.1. The van der Waals surface area contributed by atoms with E-state index in [2.05, 4.69) is 17.3 Å². The molecule has 1 aliphatic heterocycles. The number of likely N-dealkylation sites (N-methyl/N-ethyl adjacent to an activating group) is 1. The van der Waals surface area contributed by atoms with Gasteiger partial charge in [-0.15, -0.1) is 0 Å². The predicted molar refractivity (Wildman–Crippen MR) is 68.5 cm³/mol. The first-order valence-corrected chi connectivity index (χ1v) is 6.42. The molecule has 1 fully saturated rings. The maximum atomic E-state index is 11.9. The predicted octanol–water partition coefficient (Wildman–Crippen LogP) is 0.444. The van der Waals surface area contributed by atoms with Gasteiger partial charge in [-0.2, -0.15) is 0 Å². The van der Waals surface area contributed by atoms with Crippen molar-refractivity contribution in [2.24, 2.45) is 5.92 Å². The number of carbonyl (C=O) groups excluding carboxylic acids is 1. The molecule has 2 N–H and O–H groups in total. The van der Waals surface area contributed by atoms with E-state index in [1.165, 1.54) is 0 Å². The molecule has 18 heavy (non-hydrogen) atoms. The van der Waals surface area contributed by atoms with E-state index in [1.54, 1.807) is 4.90 Å². The number of amides is 2. The van der Waals surface area contributed by atoms with Gasteiger partial charge in [-0.05, 0) is 25.9 Å². The molecule has 1 saturated heterocycles. The second-order valence-electron chi connectivity index (χ2n) is 5.03. The highest BCUT2D eigenvalue weighted by molar-refractivity contribution is 5.74. The molecule has 0 aromatic rings. The van der Waals surface area contributed by atoms with Crippen molar-refractivity contribution in [1.82, 2.24) is 15.1 Å². The first-order chi connectivity index (χ1) is 8.49. The summed E-state index contributed by atoms with van der Waals surface area (Å²) < 4.78 is 0. The zero-order valence-corrected chi connectivity index (χ0v) is 11.2. The number of carboxylic acids is 1. The van der Waals surface area contributed by atoms with E-state index in [0.29, 0.717) is 6.54 Å². The van der Waals surface area contributed by atoms with Crippen LogP contribution in [0.15, 0.2) is 0 Å². The van der Waals surface area contributed by atoms with Crippen molar-refractivity contribution in [2.45, 2.75) is 19.8 Å². The van der Waals surface area contributed by atoms with Crippen LogP contribution in [-0.2, 0) is 4.79 Å². The van der Waals surface area contributed by atoms with Crippen LogP contribution in [0.3, 0.4) is 0 Å². The molecule has 1 unspecified atom stereocenters. The summed E-state index contributed by atoms with van der Waals surface area (Å²) in [6.07, 6.45) is 1.07. The maximum Gasteiger partial charge on any atom is 0.317 e. The molecule has 1 rings (SSSR count). The Morgan fingerprint density at radius 2 is 2.00 bits per heavy atom. The van der Waals surface area contributed by atoms with E-state index >= 15 is 0 Å². The van der Waals surface area contributed by atoms with E-state index in [4.69, 9.17) is 5.11 Å². The molecule has 1 aliphatic rings. The molecule has 0 bridgehead atoms. The third kappa shape index (κ3) is 5.35. The SMILES string of the molecule is CC(CNC(=O)N1CCCN(C)CC1)CC(=O)O. The van der Waals surface area contributed by atoms with Gasteiger partial charge in [0.2, 0.25) is 0 Å². The molecule has 6 nitrogen and oxygen atoms in total. The Bertz CT molecular complexity index is 296. The minimum atomic E-state index is -0.826. The maximum absolute atomic E-state index is 11.9. The number of nitrogens with one attached hydrogen (secondary N) is 1.